The minimum atomic E-state index is -0.357. The lowest BCUT2D eigenvalue weighted by molar-refractivity contribution is 0.104. The zero-order valence-corrected chi connectivity index (χ0v) is 18.1. The highest BCUT2D eigenvalue weighted by Crippen LogP contribution is 2.36. The van der Waals surface area contributed by atoms with Crippen molar-refractivity contribution in [3.05, 3.63) is 101 Å². The molecule has 1 aromatic heterocycles. The molecule has 3 nitrogen and oxygen atoms in total. The van der Waals surface area contributed by atoms with Gasteiger partial charge in [-0.1, -0.05) is 42.0 Å². The summed E-state index contributed by atoms with van der Waals surface area (Å²) in [6, 6.07) is 22.3. The quantitative estimate of drug-likeness (QED) is 0.317. The van der Waals surface area contributed by atoms with Crippen molar-refractivity contribution in [2.75, 3.05) is 7.11 Å². The number of hydrogen-bond acceptors (Lipinski definition) is 2. The van der Waals surface area contributed by atoms with Gasteiger partial charge in [-0.05, 0) is 72.1 Å². The van der Waals surface area contributed by atoms with Crippen molar-refractivity contribution in [3.63, 3.8) is 0 Å². The van der Waals surface area contributed by atoms with Crippen LogP contribution in [0.5, 0.6) is 5.75 Å². The van der Waals surface area contributed by atoms with Crippen molar-refractivity contribution < 1.29 is 13.9 Å². The zero-order chi connectivity index (χ0) is 22.4. The Kier molecular flexibility index (Phi) is 4.78. The molecule has 1 N–H and O–H groups in total. The molecule has 4 heteroatoms. The van der Waals surface area contributed by atoms with Crippen LogP contribution >= 0.6 is 0 Å². The number of H-pyrrole nitrogens is 1. The largest absolute Gasteiger partial charge is 0.497 e. The summed E-state index contributed by atoms with van der Waals surface area (Å²) in [5, 5.41) is 2.66. The molecular formula is C28H22FNO2. The van der Waals surface area contributed by atoms with E-state index in [1.165, 1.54) is 12.1 Å². The third-order valence-electron chi connectivity index (χ3n) is 5.91. The van der Waals surface area contributed by atoms with E-state index in [0.717, 1.165) is 38.7 Å². The number of methoxy groups -OCH3 is 1. The summed E-state index contributed by atoms with van der Waals surface area (Å²) >= 11 is 0. The first kappa shape index (κ1) is 20.0. The fraction of sp³-hybridized carbons (Fsp3) is 0.107. The van der Waals surface area contributed by atoms with Gasteiger partial charge in [0.1, 0.15) is 11.6 Å². The highest BCUT2D eigenvalue weighted by atomic mass is 19.1. The summed E-state index contributed by atoms with van der Waals surface area (Å²) in [6.07, 6.45) is 0. The van der Waals surface area contributed by atoms with Crippen LogP contribution in [-0.4, -0.2) is 17.9 Å². The SMILES string of the molecule is COc1ccc2cc(-c3[nH]c4c(C)cc(F)cc4c3C(=O)c3cccc(C)c3)ccc2c1. The summed E-state index contributed by atoms with van der Waals surface area (Å²) < 4.78 is 19.7. The zero-order valence-electron chi connectivity index (χ0n) is 18.1. The van der Waals surface area contributed by atoms with Crippen LogP contribution in [0.25, 0.3) is 32.9 Å². The Morgan fingerprint density at radius 2 is 1.69 bits per heavy atom. The molecule has 0 aliphatic rings. The monoisotopic (exact) mass is 423 g/mol. The van der Waals surface area contributed by atoms with E-state index < -0.39 is 0 Å². The predicted molar refractivity (Wildman–Crippen MR) is 127 cm³/mol. The average molecular weight is 423 g/mol. The van der Waals surface area contributed by atoms with Gasteiger partial charge in [0, 0.05) is 16.5 Å². The van der Waals surface area contributed by atoms with Gasteiger partial charge in [-0.3, -0.25) is 4.79 Å². The summed E-state index contributed by atoms with van der Waals surface area (Å²) in [5.41, 5.74) is 5.16. The van der Waals surface area contributed by atoms with Crippen molar-refractivity contribution in [1.29, 1.82) is 0 Å². The lowest BCUT2D eigenvalue weighted by Gasteiger charge is -2.08. The Bertz CT molecular complexity index is 1510. The number of ether oxygens (including phenoxy) is 1. The highest BCUT2D eigenvalue weighted by Gasteiger charge is 2.23. The molecule has 0 aliphatic heterocycles. The van der Waals surface area contributed by atoms with Gasteiger partial charge in [-0.25, -0.2) is 4.39 Å². The second-order valence-electron chi connectivity index (χ2n) is 8.15. The van der Waals surface area contributed by atoms with Crippen LogP contribution < -0.4 is 4.74 Å². The molecule has 0 saturated carbocycles. The van der Waals surface area contributed by atoms with Crippen LogP contribution in [0, 0.1) is 19.7 Å². The second-order valence-corrected chi connectivity index (χ2v) is 8.15. The maximum Gasteiger partial charge on any atom is 0.195 e. The number of aromatic nitrogens is 1. The van der Waals surface area contributed by atoms with E-state index in [-0.39, 0.29) is 11.6 Å². The Hall–Kier alpha value is -3.92. The summed E-state index contributed by atoms with van der Waals surface area (Å²) in [7, 11) is 1.64. The maximum absolute atomic E-state index is 14.4. The molecular weight excluding hydrogens is 401 g/mol. The Morgan fingerprint density at radius 1 is 0.906 bits per heavy atom. The number of carbonyl (C=O) groups excluding carboxylic acids is 1. The number of ketones is 1. The lowest BCUT2D eigenvalue weighted by Crippen LogP contribution is -2.03. The van der Waals surface area contributed by atoms with E-state index in [9.17, 15) is 9.18 Å². The van der Waals surface area contributed by atoms with Crippen LogP contribution in [-0.2, 0) is 0 Å². The molecule has 5 aromatic rings. The molecule has 1 heterocycles. The van der Waals surface area contributed by atoms with Crippen LogP contribution in [0.15, 0.2) is 72.8 Å². The molecule has 0 aliphatic carbocycles. The summed E-state index contributed by atoms with van der Waals surface area (Å²) in [5.74, 6) is 0.302. The van der Waals surface area contributed by atoms with Gasteiger partial charge in [-0.15, -0.1) is 0 Å². The minimum absolute atomic E-state index is 0.130. The minimum Gasteiger partial charge on any atom is -0.497 e. The molecule has 0 spiro atoms. The van der Waals surface area contributed by atoms with Crippen molar-refractivity contribution in [3.8, 4) is 17.0 Å². The van der Waals surface area contributed by atoms with E-state index in [2.05, 4.69) is 4.98 Å². The van der Waals surface area contributed by atoms with E-state index in [1.54, 1.807) is 13.2 Å². The molecule has 0 bridgehead atoms. The van der Waals surface area contributed by atoms with Crippen molar-refractivity contribution in [2.45, 2.75) is 13.8 Å². The lowest BCUT2D eigenvalue weighted by atomic mass is 9.95. The first-order chi connectivity index (χ1) is 15.4. The Balaban J connectivity index is 1.77. The highest BCUT2D eigenvalue weighted by molar-refractivity contribution is 6.21. The molecule has 32 heavy (non-hydrogen) atoms. The van der Waals surface area contributed by atoms with Gasteiger partial charge in [0.15, 0.2) is 5.78 Å². The third kappa shape index (κ3) is 3.34. The number of halogens is 1. The smallest absolute Gasteiger partial charge is 0.195 e. The third-order valence-corrected chi connectivity index (χ3v) is 5.91. The fourth-order valence-electron chi connectivity index (χ4n) is 4.32. The van der Waals surface area contributed by atoms with E-state index in [4.69, 9.17) is 4.74 Å². The number of aryl methyl sites for hydroxylation is 2. The number of hydrogen-bond donors (Lipinski definition) is 1. The van der Waals surface area contributed by atoms with E-state index in [1.807, 2.05) is 68.4 Å². The molecule has 0 fully saturated rings. The Labute approximate surface area is 185 Å². The van der Waals surface area contributed by atoms with Crippen LogP contribution in [0.4, 0.5) is 4.39 Å². The predicted octanol–water partition coefficient (Wildman–Crippen LogP) is 6.98. The maximum atomic E-state index is 14.4. The normalized spacial score (nSPS) is 11.2. The topological polar surface area (TPSA) is 42.1 Å². The van der Waals surface area contributed by atoms with Crippen LogP contribution in [0.3, 0.4) is 0 Å². The van der Waals surface area contributed by atoms with Crippen LogP contribution in [0.1, 0.15) is 27.0 Å². The molecule has 0 unspecified atom stereocenters. The fourth-order valence-corrected chi connectivity index (χ4v) is 4.32. The van der Waals surface area contributed by atoms with E-state index >= 15 is 0 Å². The number of aromatic amines is 1. The van der Waals surface area contributed by atoms with Gasteiger partial charge in [-0.2, -0.15) is 0 Å². The van der Waals surface area contributed by atoms with E-state index in [0.29, 0.717) is 22.2 Å². The van der Waals surface area contributed by atoms with Gasteiger partial charge in [0.05, 0.1) is 18.4 Å². The molecule has 0 amide bonds. The molecule has 0 radical (unpaired) electrons. The number of fused-ring (bicyclic) bond motifs is 2. The second kappa shape index (κ2) is 7.65. The van der Waals surface area contributed by atoms with Crippen LogP contribution in [0.2, 0.25) is 0 Å². The molecule has 158 valence electrons. The van der Waals surface area contributed by atoms with Crippen molar-refractivity contribution >= 4 is 27.5 Å². The molecule has 4 aromatic carbocycles. The number of nitrogens with one attached hydrogen (secondary N) is 1. The molecule has 0 atom stereocenters. The molecule has 0 saturated heterocycles. The van der Waals surface area contributed by atoms with Gasteiger partial charge in [0.25, 0.3) is 0 Å². The first-order valence-corrected chi connectivity index (χ1v) is 10.5. The summed E-state index contributed by atoms with van der Waals surface area (Å²) in [4.78, 5) is 17.1. The number of carbonyl (C=O) groups is 1. The number of rotatable bonds is 4. The van der Waals surface area contributed by atoms with Gasteiger partial charge < -0.3 is 9.72 Å². The summed E-state index contributed by atoms with van der Waals surface area (Å²) in [6.45, 7) is 3.80. The standard InChI is InChI=1S/C28H22FNO2/c1-16-5-4-6-21(11-16)28(31)25-24-15-22(29)12-17(2)26(24)30-27(25)20-8-7-19-14-23(32-3)10-9-18(19)13-20/h4-15,30H,1-3H3. The Morgan fingerprint density at radius 3 is 2.47 bits per heavy atom. The van der Waals surface area contributed by atoms with Gasteiger partial charge in [0.2, 0.25) is 0 Å². The average Bonchev–Trinajstić information content (AvgIpc) is 3.17. The number of benzene rings is 4. The molecule has 5 rings (SSSR count). The van der Waals surface area contributed by atoms with Crippen molar-refractivity contribution in [1.82, 2.24) is 4.98 Å². The first-order valence-electron chi connectivity index (χ1n) is 10.5. The van der Waals surface area contributed by atoms with Gasteiger partial charge >= 0.3 is 0 Å². The van der Waals surface area contributed by atoms with Crippen molar-refractivity contribution in [2.24, 2.45) is 0 Å².